The van der Waals surface area contributed by atoms with Gasteiger partial charge in [0, 0.05) is 6.42 Å². The summed E-state index contributed by atoms with van der Waals surface area (Å²) < 4.78 is 5.02. The fourth-order valence-electron chi connectivity index (χ4n) is 1.52. The normalized spacial score (nSPS) is 20.5. The van der Waals surface area contributed by atoms with E-state index in [9.17, 15) is 14.4 Å². The molecule has 1 aliphatic heterocycles. The van der Waals surface area contributed by atoms with E-state index < -0.39 is 23.5 Å². The van der Waals surface area contributed by atoms with E-state index >= 15 is 0 Å². The van der Waals surface area contributed by atoms with Crippen LogP contribution in [0.3, 0.4) is 0 Å². The summed E-state index contributed by atoms with van der Waals surface area (Å²) in [7, 11) is 0. The second-order valence-corrected chi connectivity index (χ2v) is 5.16. The first-order valence-corrected chi connectivity index (χ1v) is 5.40. The quantitative estimate of drug-likeness (QED) is 0.728. The Morgan fingerprint density at radius 3 is 2.53 bits per heavy atom. The second kappa shape index (κ2) is 4.73. The zero-order chi connectivity index (χ0) is 13.2. The van der Waals surface area contributed by atoms with E-state index in [2.05, 4.69) is 0 Å². The molecule has 1 heterocycles. The van der Waals surface area contributed by atoms with Crippen molar-refractivity contribution in [1.82, 2.24) is 4.90 Å². The van der Waals surface area contributed by atoms with Gasteiger partial charge in [-0.25, -0.2) is 4.79 Å². The van der Waals surface area contributed by atoms with Gasteiger partial charge in [0.1, 0.15) is 6.61 Å². The fraction of sp³-hybridized carbons (Fsp3) is 0.727. The second-order valence-electron chi connectivity index (χ2n) is 5.16. The molecule has 1 aliphatic rings. The summed E-state index contributed by atoms with van der Waals surface area (Å²) >= 11 is 0. The molecule has 1 saturated heterocycles. The minimum atomic E-state index is -1.16. The number of carboxylic acid groups (broad SMARTS) is 1. The number of Topliss-reactive ketones (excluding diaryl/α,β-unsaturated/α-hetero) is 1. The third kappa shape index (κ3) is 3.44. The van der Waals surface area contributed by atoms with Crippen LogP contribution in [0.15, 0.2) is 0 Å². The maximum absolute atomic E-state index is 11.5. The summed E-state index contributed by atoms with van der Waals surface area (Å²) in [6.07, 6.45) is -1.04. The number of hydrogen-bond donors (Lipinski definition) is 1. The van der Waals surface area contributed by atoms with Crippen LogP contribution in [0.5, 0.6) is 0 Å². The van der Waals surface area contributed by atoms with E-state index in [1.54, 1.807) is 20.8 Å². The van der Waals surface area contributed by atoms with Gasteiger partial charge in [0.25, 0.3) is 0 Å². The lowest BCUT2D eigenvalue weighted by atomic mass is 9.97. The molecule has 1 rings (SSSR count). The molecule has 1 N–H and O–H groups in total. The number of ketones is 1. The third-order valence-corrected chi connectivity index (χ3v) is 2.52. The number of ether oxygens (including phenoxy) is 1. The van der Waals surface area contributed by atoms with Gasteiger partial charge in [-0.05, 0) is 20.8 Å². The van der Waals surface area contributed by atoms with Crippen molar-refractivity contribution in [1.29, 1.82) is 0 Å². The first-order chi connectivity index (χ1) is 7.71. The van der Waals surface area contributed by atoms with Gasteiger partial charge in [-0.15, -0.1) is 0 Å². The molecule has 96 valence electrons. The highest BCUT2D eigenvalue weighted by Crippen LogP contribution is 2.19. The average Bonchev–Trinajstić information content (AvgIpc) is 2.54. The summed E-state index contributed by atoms with van der Waals surface area (Å²) in [5, 5.41) is 8.86. The van der Waals surface area contributed by atoms with E-state index in [1.165, 1.54) is 0 Å². The molecule has 6 heteroatoms. The third-order valence-electron chi connectivity index (χ3n) is 2.52. The van der Waals surface area contributed by atoms with E-state index in [0.29, 0.717) is 0 Å². The standard InChI is InChI=1S/C11H17NO5/c1-11(2,3)9(14)17-6-7-4-8(13)5-12(7)10(15)16/h7H,4-6H2,1-3H3,(H,15,16)/t7-/m0/s1. The molecule has 1 amide bonds. The Kier molecular flexibility index (Phi) is 3.75. The van der Waals surface area contributed by atoms with E-state index in [4.69, 9.17) is 9.84 Å². The smallest absolute Gasteiger partial charge is 0.408 e. The van der Waals surface area contributed by atoms with Gasteiger partial charge in [-0.1, -0.05) is 0 Å². The van der Waals surface area contributed by atoms with Crippen molar-refractivity contribution in [2.24, 2.45) is 5.41 Å². The molecule has 0 aromatic rings. The van der Waals surface area contributed by atoms with Crippen LogP contribution in [0.2, 0.25) is 0 Å². The fourth-order valence-corrected chi connectivity index (χ4v) is 1.52. The highest BCUT2D eigenvalue weighted by molar-refractivity contribution is 5.87. The molecule has 0 saturated carbocycles. The molecule has 0 aromatic carbocycles. The number of hydrogen-bond acceptors (Lipinski definition) is 4. The Hall–Kier alpha value is -1.59. The maximum Gasteiger partial charge on any atom is 0.408 e. The number of likely N-dealkylation sites (tertiary alicyclic amines) is 1. The molecule has 0 aliphatic carbocycles. The first-order valence-electron chi connectivity index (χ1n) is 5.40. The Bertz CT molecular complexity index is 344. The van der Waals surface area contributed by atoms with Crippen LogP contribution in [0.1, 0.15) is 27.2 Å². The monoisotopic (exact) mass is 243 g/mol. The maximum atomic E-state index is 11.5. The van der Waals surface area contributed by atoms with Crippen molar-refractivity contribution in [3.05, 3.63) is 0 Å². The summed E-state index contributed by atoms with van der Waals surface area (Å²) in [6, 6.07) is -0.550. The van der Waals surface area contributed by atoms with Gasteiger partial charge < -0.3 is 9.84 Å². The van der Waals surface area contributed by atoms with Crippen LogP contribution >= 0.6 is 0 Å². The lowest BCUT2D eigenvalue weighted by Gasteiger charge is -2.22. The van der Waals surface area contributed by atoms with Crippen molar-refractivity contribution in [2.75, 3.05) is 13.2 Å². The number of nitrogens with zero attached hydrogens (tertiary/aromatic N) is 1. The predicted molar refractivity (Wildman–Crippen MR) is 58.6 cm³/mol. The molecule has 17 heavy (non-hydrogen) atoms. The van der Waals surface area contributed by atoms with Gasteiger partial charge in [0.15, 0.2) is 5.78 Å². The molecular weight excluding hydrogens is 226 g/mol. The van der Waals surface area contributed by atoms with Gasteiger partial charge in [0.2, 0.25) is 0 Å². The van der Waals surface area contributed by atoms with Gasteiger partial charge in [-0.2, -0.15) is 0 Å². The van der Waals surface area contributed by atoms with Crippen LogP contribution in [-0.2, 0) is 14.3 Å². The van der Waals surface area contributed by atoms with Crippen molar-refractivity contribution in [3.63, 3.8) is 0 Å². The van der Waals surface area contributed by atoms with Crippen molar-refractivity contribution < 1.29 is 24.2 Å². The van der Waals surface area contributed by atoms with E-state index in [0.717, 1.165) is 4.90 Å². The van der Waals surface area contributed by atoms with Gasteiger partial charge in [-0.3, -0.25) is 14.5 Å². The van der Waals surface area contributed by atoms with Crippen molar-refractivity contribution >= 4 is 17.8 Å². The summed E-state index contributed by atoms with van der Waals surface area (Å²) in [5.74, 6) is -0.550. The average molecular weight is 243 g/mol. The first kappa shape index (κ1) is 13.5. The summed E-state index contributed by atoms with van der Waals surface area (Å²) in [6.45, 7) is 4.96. The number of carbonyl (C=O) groups excluding carboxylic acids is 2. The molecule has 6 nitrogen and oxygen atoms in total. The van der Waals surface area contributed by atoms with Crippen LogP contribution in [-0.4, -0.2) is 47.0 Å². The summed E-state index contributed by atoms with van der Waals surface area (Å²) in [5.41, 5.74) is -0.628. The lowest BCUT2D eigenvalue weighted by Crippen LogP contribution is -2.38. The lowest BCUT2D eigenvalue weighted by molar-refractivity contribution is -0.154. The molecular formula is C11H17NO5. The Morgan fingerprint density at radius 1 is 1.47 bits per heavy atom. The number of amides is 1. The Labute approximate surface area is 99.5 Å². The topological polar surface area (TPSA) is 83.9 Å². The van der Waals surface area contributed by atoms with E-state index in [-0.39, 0.29) is 25.4 Å². The molecule has 0 spiro atoms. The molecule has 0 bridgehead atoms. The van der Waals surface area contributed by atoms with Crippen LogP contribution in [0.25, 0.3) is 0 Å². The minimum absolute atomic E-state index is 0.0614. The number of carbonyl (C=O) groups is 3. The Morgan fingerprint density at radius 2 is 2.06 bits per heavy atom. The highest BCUT2D eigenvalue weighted by atomic mass is 16.5. The van der Waals surface area contributed by atoms with Gasteiger partial charge in [0.05, 0.1) is 18.0 Å². The SMILES string of the molecule is CC(C)(C)C(=O)OC[C@@H]1CC(=O)CN1C(=O)O. The number of esters is 1. The molecule has 1 fully saturated rings. The van der Waals surface area contributed by atoms with Crippen LogP contribution in [0.4, 0.5) is 4.79 Å². The number of rotatable bonds is 2. The molecule has 0 aromatic heterocycles. The molecule has 1 atom stereocenters. The molecule has 0 radical (unpaired) electrons. The van der Waals surface area contributed by atoms with Gasteiger partial charge >= 0.3 is 12.1 Å². The minimum Gasteiger partial charge on any atom is -0.465 e. The zero-order valence-electron chi connectivity index (χ0n) is 10.2. The van der Waals surface area contributed by atoms with Crippen LogP contribution < -0.4 is 0 Å². The predicted octanol–water partition coefficient (Wildman–Crippen LogP) is 0.897. The zero-order valence-corrected chi connectivity index (χ0v) is 10.2. The van der Waals surface area contributed by atoms with Crippen molar-refractivity contribution in [2.45, 2.75) is 33.2 Å². The highest BCUT2D eigenvalue weighted by Gasteiger charge is 2.35. The largest absolute Gasteiger partial charge is 0.465 e. The molecule has 0 unspecified atom stereocenters. The van der Waals surface area contributed by atoms with Crippen molar-refractivity contribution in [3.8, 4) is 0 Å². The van der Waals surface area contributed by atoms with E-state index in [1.807, 2.05) is 0 Å². The van der Waals surface area contributed by atoms with Crippen LogP contribution in [0, 0.1) is 5.41 Å². The Balaban J connectivity index is 2.54. The summed E-state index contributed by atoms with van der Waals surface area (Å²) in [4.78, 5) is 34.5.